The molecule has 1 fully saturated rings. The summed E-state index contributed by atoms with van der Waals surface area (Å²) >= 11 is 7.77. The molecule has 0 saturated heterocycles. The second-order valence-electron chi connectivity index (χ2n) is 8.96. The van der Waals surface area contributed by atoms with Crippen molar-refractivity contribution in [3.63, 3.8) is 0 Å². The van der Waals surface area contributed by atoms with E-state index in [2.05, 4.69) is 15.3 Å². The second kappa shape index (κ2) is 11.0. The largest absolute Gasteiger partial charge is 0.476 e. The molecule has 2 aliphatic rings. The Bertz CT molecular complexity index is 1410. The fourth-order valence-electron chi connectivity index (χ4n) is 4.93. The number of ether oxygens (including phenoxy) is 1. The number of allylic oxidation sites excluding steroid dienone is 1. The molecule has 198 valence electrons. The number of carboxylic acids is 1. The summed E-state index contributed by atoms with van der Waals surface area (Å²) in [4.78, 5) is 37.8. The van der Waals surface area contributed by atoms with Crippen LogP contribution in [0, 0.1) is 11.7 Å². The highest BCUT2D eigenvalue weighted by atomic mass is 35.5. The molecule has 3 aromatic rings. The Kier molecular flexibility index (Phi) is 7.57. The Morgan fingerprint density at radius 3 is 2.68 bits per heavy atom. The van der Waals surface area contributed by atoms with Gasteiger partial charge in [-0.05, 0) is 44.6 Å². The molecule has 1 atom stereocenters. The van der Waals surface area contributed by atoms with Crippen LogP contribution in [0.2, 0.25) is 5.02 Å². The number of oxazole rings is 1. The van der Waals surface area contributed by atoms with Crippen molar-refractivity contribution >= 4 is 40.7 Å². The van der Waals surface area contributed by atoms with Crippen LogP contribution >= 0.6 is 22.9 Å². The minimum atomic E-state index is -1.14. The van der Waals surface area contributed by atoms with Crippen molar-refractivity contribution in [1.29, 1.82) is 0 Å². The Hall–Kier alpha value is -3.57. The predicted molar refractivity (Wildman–Crippen MR) is 138 cm³/mol. The lowest BCUT2D eigenvalue weighted by Crippen LogP contribution is -2.38. The van der Waals surface area contributed by atoms with Crippen molar-refractivity contribution in [1.82, 2.24) is 15.3 Å². The number of nitrogens with zero attached hydrogens (tertiary/aromatic N) is 3. The van der Waals surface area contributed by atoms with E-state index in [1.54, 1.807) is 19.2 Å². The fraction of sp³-hybridized carbons (Fsp3) is 0.346. The highest BCUT2D eigenvalue weighted by Gasteiger charge is 2.38. The van der Waals surface area contributed by atoms with E-state index >= 15 is 0 Å². The monoisotopic (exact) mass is 558 g/mol. The van der Waals surface area contributed by atoms with Crippen molar-refractivity contribution in [3.8, 4) is 0 Å². The van der Waals surface area contributed by atoms with Crippen molar-refractivity contribution in [3.05, 3.63) is 80.3 Å². The molecule has 1 saturated carbocycles. The third-order valence-electron chi connectivity index (χ3n) is 6.71. The highest BCUT2D eigenvalue weighted by molar-refractivity contribution is 7.11. The third kappa shape index (κ3) is 5.08. The lowest BCUT2D eigenvalue weighted by molar-refractivity contribution is -0.139. The summed E-state index contributed by atoms with van der Waals surface area (Å²) in [5, 5.41) is 14.8. The van der Waals surface area contributed by atoms with Gasteiger partial charge in [0.25, 0.3) is 0 Å². The summed E-state index contributed by atoms with van der Waals surface area (Å²) in [6.45, 7) is 1.88. The Morgan fingerprint density at radius 2 is 2.03 bits per heavy atom. The van der Waals surface area contributed by atoms with Crippen molar-refractivity contribution in [2.24, 2.45) is 10.9 Å². The number of esters is 1. The number of hydrogen-bond donors (Lipinski definition) is 2. The molecular formula is C26H24ClFN4O5S. The summed E-state index contributed by atoms with van der Waals surface area (Å²) < 4.78 is 25.4. The molecule has 1 aliphatic carbocycles. The first-order valence-electron chi connectivity index (χ1n) is 12.2. The first-order chi connectivity index (χ1) is 18.4. The molecule has 3 heterocycles. The molecule has 5 rings (SSSR count). The van der Waals surface area contributed by atoms with Crippen LogP contribution in [0.3, 0.4) is 0 Å². The van der Waals surface area contributed by atoms with E-state index < -0.39 is 23.8 Å². The first-order valence-corrected chi connectivity index (χ1v) is 13.4. The lowest BCUT2D eigenvalue weighted by Gasteiger charge is -2.34. The summed E-state index contributed by atoms with van der Waals surface area (Å²) in [6, 6.07) is 3.55. The number of amidine groups is 1. The Labute approximate surface area is 226 Å². The molecule has 38 heavy (non-hydrogen) atoms. The number of carboxylic acid groups (broad SMARTS) is 1. The molecule has 2 aromatic heterocycles. The number of halogens is 2. The van der Waals surface area contributed by atoms with Crippen LogP contribution in [0.5, 0.6) is 0 Å². The van der Waals surface area contributed by atoms with Gasteiger partial charge in [-0.1, -0.05) is 23.7 Å². The van der Waals surface area contributed by atoms with Crippen LogP contribution in [0.25, 0.3) is 0 Å². The molecule has 1 aromatic carbocycles. The van der Waals surface area contributed by atoms with Crippen LogP contribution in [-0.2, 0) is 9.53 Å². The molecule has 0 spiro atoms. The fourth-order valence-corrected chi connectivity index (χ4v) is 5.75. The number of aromatic carboxylic acids is 1. The van der Waals surface area contributed by atoms with Gasteiger partial charge in [0.15, 0.2) is 22.4 Å². The van der Waals surface area contributed by atoms with Crippen LogP contribution in [0.4, 0.5) is 4.39 Å². The standard InChI is InChI=1S/C26H24ClFN4O5S/c1-2-36-26(35)18-20(13-6-8-14(9-7-13)23-30-17(12-37-23)25(33)34)31-22(24-29-10-11-38-24)32-21(18)15-4-3-5-16(28)19(15)27/h3-5,10-14,21H,2,6-9H2,1H3,(H,31,32)(H,33,34). The summed E-state index contributed by atoms with van der Waals surface area (Å²) in [5.41, 5.74) is 1.17. The first kappa shape index (κ1) is 26.1. The number of benzene rings is 1. The normalized spacial score (nSPS) is 21.6. The predicted octanol–water partition coefficient (Wildman–Crippen LogP) is 5.50. The molecule has 9 nitrogen and oxygen atoms in total. The third-order valence-corrected chi connectivity index (χ3v) is 7.89. The van der Waals surface area contributed by atoms with Gasteiger partial charge in [-0.15, -0.1) is 11.3 Å². The Balaban J connectivity index is 1.53. The van der Waals surface area contributed by atoms with Gasteiger partial charge in [-0.3, -0.25) is 4.99 Å². The van der Waals surface area contributed by atoms with E-state index in [1.807, 2.05) is 5.38 Å². The maximum Gasteiger partial charge on any atom is 0.357 e. The summed E-state index contributed by atoms with van der Waals surface area (Å²) in [7, 11) is 0. The van der Waals surface area contributed by atoms with E-state index in [1.165, 1.54) is 23.5 Å². The number of carbonyl (C=O) groups excluding carboxylic acids is 1. The van der Waals surface area contributed by atoms with Gasteiger partial charge in [0.05, 0.1) is 17.2 Å². The van der Waals surface area contributed by atoms with Crippen molar-refractivity contribution in [2.45, 2.75) is 44.6 Å². The lowest BCUT2D eigenvalue weighted by atomic mass is 9.78. The molecule has 2 N–H and O–H groups in total. The van der Waals surface area contributed by atoms with Gasteiger partial charge in [0.1, 0.15) is 18.1 Å². The maximum atomic E-state index is 14.5. The highest BCUT2D eigenvalue weighted by Crippen LogP contribution is 2.43. The molecule has 1 aliphatic heterocycles. The SMILES string of the molecule is CCOC(=O)C1=C(C2CCC(c3nc(C(=O)O)co3)CC2)NC(c2nccs2)=NC1c1cccc(F)c1Cl. The van der Waals surface area contributed by atoms with Gasteiger partial charge < -0.3 is 19.6 Å². The van der Waals surface area contributed by atoms with Crippen LogP contribution in [0.15, 0.2) is 56.7 Å². The van der Waals surface area contributed by atoms with Gasteiger partial charge in [-0.2, -0.15) is 0 Å². The van der Waals surface area contributed by atoms with Crippen molar-refractivity contribution < 1.29 is 28.2 Å². The molecule has 0 bridgehead atoms. The van der Waals surface area contributed by atoms with Crippen molar-refractivity contribution in [2.75, 3.05) is 6.61 Å². The minimum absolute atomic E-state index is 0.0462. The molecule has 0 radical (unpaired) electrons. The topological polar surface area (TPSA) is 127 Å². The van der Waals surface area contributed by atoms with E-state index in [-0.39, 0.29) is 34.7 Å². The van der Waals surface area contributed by atoms with Gasteiger partial charge in [0.2, 0.25) is 0 Å². The minimum Gasteiger partial charge on any atom is -0.476 e. The number of aliphatic imine (C=N–C) groups is 1. The molecular weight excluding hydrogens is 535 g/mol. The van der Waals surface area contributed by atoms with E-state index in [4.69, 9.17) is 30.9 Å². The summed E-state index contributed by atoms with van der Waals surface area (Å²) in [6.07, 6.45) is 5.47. The van der Waals surface area contributed by atoms with E-state index in [0.717, 1.165) is 6.26 Å². The molecule has 0 amide bonds. The zero-order valence-corrected chi connectivity index (χ0v) is 21.9. The number of thiazole rings is 1. The smallest absolute Gasteiger partial charge is 0.357 e. The van der Waals surface area contributed by atoms with E-state index in [9.17, 15) is 14.0 Å². The second-order valence-corrected chi connectivity index (χ2v) is 10.2. The van der Waals surface area contributed by atoms with Gasteiger partial charge in [-0.25, -0.2) is 23.9 Å². The number of aromatic nitrogens is 2. The van der Waals surface area contributed by atoms with Gasteiger partial charge >= 0.3 is 11.9 Å². The maximum absolute atomic E-state index is 14.5. The average Bonchev–Trinajstić information content (AvgIpc) is 3.63. The Morgan fingerprint density at radius 1 is 1.26 bits per heavy atom. The molecule has 1 unspecified atom stereocenters. The quantitative estimate of drug-likeness (QED) is 0.364. The zero-order valence-electron chi connectivity index (χ0n) is 20.3. The van der Waals surface area contributed by atoms with Crippen LogP contribution in [-0.4, -0.2) is 39.5 Å². The van der Waals surface area contributed by atoms with Crippen LogP contribution < -0.4 is 5.32 Å². The number of nitrogens with one attached hydrogen (secondary N) is 1. The van der Waals surface area contributed by atoms with Gasteiger partial charge in [0, 0.05) is 28.8 Å². The number of carbonyl (C=O) groups is 2. The zero-order chi connectivity index (χ0) is 26.8. The number of hydrogen-bond acceptors (Lipinski definition) is 9. The molecule has 12 heteroatoms. The number of rotatable bonds is 7. The average molecular weight is 559 g/mol. The summed E-state index contributed by atoms with van der Waals surface area (Å²) in [5.74, 6) is -1.56. The van der Waals surface area contributed by atoms with E-state index in [0.29, 0.717) is 53.7 Å². The van der Waals surface area contributed by atoms with Crippen LogP contribution in [0.1, 0.15) is 71.5 Å².